The molecular weight excluding hydrogens is 823 g/mol. The third-order valence-corrected chi connectivity index (χ3v) is 12.3. The summed E-state index contributed by atoms with van der Waals surface area (Å²) in [6.07, 6.45) is -1.23. The summed E-state index contributed by atoms with van der Waals surface area (Å²) in [5.41, 5.74) is 11.3. The number of nitrogens with two attached hydrogens (primary N) is 2. The molecule has 9 amide bonds. The second-order valence-corrected chi connectivity index (χ2v) is 17.2. The molecule has 2 aliphatic heterocycles. The fraction of sp³-hybridized carbons (Fsp3) is 0.605. The van der Waals surface area contributed by atoms with Gasteiger partial charge in [0.1, 0.15) is 42.0 Å². The van der Waals surface area contributed by atoms with Crippen molar-refractivity contribution < 1.29 is 53.0 Å². The molecule has 1 aromatic rings. The van der Waals surface area contributed by atoms with Crippen molar-refractivity contribution in [2.75, 3.05) is 31.2 Å². The predicted octanol–water partition coefficient (Wildman–Crippen LogP) is -2.27. The molecule has 0 saturated carbocycles. The van der Waals surface area contributed by atoms with Gasteiger partial charge in [0.15, 0.2) is 0 Å². The second-order valence-electron chi connectivity index (χ2n) is 14.5. The summed E-state index contributed by atoms with van der Waals surface area (Å²) in [5, 5.41) is 25.9. The largest absolute Gasteiger partial charge is 0.494 e. The van der Waals surface area contributed by atoms with Gasteiger partial charge in [0.2, 0.25) is 53.2 Å². The van der Waals surface area contributed by atoms with Crippen LogP contribution < -0.4 is 48.1 Å². The van der Waals surface area contributed by atoms with Crippen molar-refractivity contribution in [3.05, 3.63) is 29.8 Å². The lowest BCUT2D eigenvalue weighted by molar-refractivity contribution is -0.142. The van der Waals surface area contributed by atoms with Crippen LogP contribution >= 0.6 is 21.6 Å². The number of nitrogens with one attached hydrogen (secondary N) is 6. The van der Waals surface area contributed by atoms with Crippen LogP contribution in [0.4, 0.5) is 0 Å². The Kier molecular flexibility index (Phi) is 19.9. The SMILES string of the molecule is CCOc1ccc(C[C@H]2NC(=O)CCSSC[C@@H](C(=O)N3CCC[C@H]3C(=O)NCC(N)=O)NC(=O)[C@H](CC(N)=O)NC(=O)[C@H]([C@@H](C)O)NC(=O)[C@H]([C@@H](C)CC)NC2=O)cc1. The van der Waals surface area contributed by atoms with E-state index in [1.54, 1.807) is 38.1 Å². The molecule has 0 aliphatic carbocycles. The maximum absolute atomic E-state index is 14.0. The summed E-state index contributed by atoms with van der Waals surface area (Å²) in [4.78, 5) is 120. The normalized spacial score (nSPS) is 24.9. The Morgan fingerprint density at radius 1 is 0.867 bits per heavy atom. The minimum Gasteiger partial charge on any atom is -0.494 e. The third-order valence-electron chi connectivity index (χ3n) is 9.84. The first-order valence-electron chi connectivity index (χ1n) is 19.7. The molecule has 8 atom stereocenters. The highest BCUT2D eigenvalue weighted by molar-refractivity contribution is 8.76. The number of carbonyl (C=O) groups is 9. The van der Waals surface area contributed by atoms with Gasteiger partial charge in [-0.05, 0) is 50.3 Å². The standard InChI is InChI=1S/C38H57N9O11S2/c1-5-20(3)31-36(55)46-32(21(4)48)37(56)43-25(17-28(39)49)33(52)44-26(38(57)47-14-7-8-27(47)35(54)41-18-29(40)50)19-60-59-15-13-30(51)42-24(34(53)45-31)16-22-9-11-23(12-10-22)58-6-2/h9-12,20-21,24-27,31-32,48H,5-8,13-19H2,1-4H3,(H2,39,49)(H2,40,50)(H,41,54)(H,42,51)(H,43,56)(H,44,52)(H,45,53)(H,46,55)/t20-,21+,24+,25-,26-,27-,31-,32-/m0/s1. The molecule has 0 spiro atoms. The number of ether oxygens (including phenoxy) is 1. The highest BCUT2D eigenvalue weighted by Crippen LogP contribution is 2.26. The summed E-state index contributed by atoms with van der Waals surface area (Å²) in [6, 6.07) is -1.15. The summed E-state index contributed by atoms with van der Waals surface area (Å²) in [7, 11) is 2.31. The highest BCUT2D eigenvalue weighted by atomic mass is 33.1. The van der Waals surface area contributed by atoms with Gasteiger partial charge < -0.3 is 58.1 Å². The molecule has 332 valence electrons. The fourth-order valence-corrected chi connectivity index (χ4v) is 8.57. The Balaban J connectivity index is 1.99. The minimum atomic E-state index is -1.71. The van der Waals surface area contributed by atoms with Crippen molar-refractivity contribution in [3.63, 3.8) is 0 Å². The van der Waals surface area contributed by atoms with E-state index in [0.717, 1.165) is 10.8 Å². The van der Waals surface area contributed by atoms with Crippen LogP contribution in [0.2, 0.25) is 0 Å². The van der Waals surface area contributed by atoms with E-state index < -0.39 is 114 Å². The van der Waals surface area contributed by atoms with Gasteiger partial charge in [-0.2, -0.15) is 0 Å². The molecule has 0 bridgehead atoms. The highest BCUT2D eigenvalue weighted by Gasteiger charge is 2.40. The van der Waals surface area contributed by atoms with Crippen LogP contribution in [0.15, 0.2) is 24.3 Å². The van der Waals surface area contributed by atoms with Crippen LogP contribution in [0.25, 0.3) is 0 Å². The van der Waals surface area contributed by atoms with Gasteiger partial charge in [0, 0.05) is 30.9 Å². The molecule has 11 N–H and O–H groups in total. The summed E-state index contributed by atoms with van der Waals surface area (Å²) >= 11 is 0. The molecule has 2 aliphatic rings. The van der Waals surface area contributed by atoms with Crippen LogP contribution in [0, 0.1) is 5.92 Å². The average Bonchev–Trinajstić information content (AvgIpc) is 3.69. The lowest BCUT2D eigenvalue weighted by Crippen LogP contribution is -2.63. The van der Waals surface area contributed by atoms with Crippen LogP contribution in [0.1, 0.15) is 65.4 Å². The molecule has 3 rings (SSSR count). The Bertz CT molecular complexity index is 1720. The number of benzene rings is 1. The summed E-state index contributed by atoms with van der Waals surface area (Å²) in [6.45, 7) is 6.66. The van der Waals surface area contributed by atoms with Gasteiger partial charge in [-0.3, -0.25) is 43.2 Å². The quantitative estimate of drug-likeness (QED) is 0.0946. The van der Waals surface area contributed by atoms with Crippen molar-refractivity contribution in [1.29, 1.82) is 0 Å². The van der Waals surface area contributed by atoms with Crippen LogP contribution in [-0.4, -0.2) is 137 Å². The number of aliphatic hydroxyl groups excluding tert-OH is 1. The van der Waals surface area contributed by atoms with Gasteiger partial charge in [-0.1, -0.05) is 54.0 Å². The van der Waals surface area contributed by atoms with Crippen molar-refractivity contribution in [2.24, 2.45) is 17.4 Å². The van der Waals surface area contributed by atoms with E-state index in [1.807, 2.05) is 6.92 Å². The van der Waals surface area contributed by atoms with E-state index in [0.29, 0.717) is 30.8 Å². The molecule has 2 fully saturated rings. The number of carbonyl (C=O) groups excluding carboxylic acids is 9. The molecule has 0 aromatic heterocycles. The Morgan fingerprint density at radius 3 is 2.13 bits per heavy atom. The van der Waals surface area contributed by atoms with E-state index >= 15 is 0 Å². The zero-order valence-corrected chi connectivity index (χ0v) is 35.8. The number of amides is 9. The van der Waals surface area contributed by atoms with Crippen LogP contribution in [-0.2, 0) is 49.6 Å². The van der Waals surface area contributed by atoms with Crippen molar-refractivity contribution in [3.8, 4) is 5.75 Å². The molecule has 2 heterocycles. The first-order chi connectivity index (χ1) is 28.4. The number of hydrogen-bond donors (Lipinski definition) is 9. The predicted molar refractivity (Wildman–Crippen MR) is 222 cm³/mol. The number of hydrogen-bond acceptors (Lipinski definition) is 13. The Morgan fingerprint density at radius 2 is 1.52 bits per heavy atom. The van der Waals surface area contributed by atoms with Gasteiger partial charge in [-0.25, -0.2) is 0 Å². The Hall–Kier alpha value is -5.09. The van der Waals surface area contributed by atoms with Crippen molar-refractivity contribution >= 4 is 74.8 Å². The number of likely N-dealkylation sites (tertiary alicyclic amines) is 1. The van der Waals surface area contributed by atoms with E-state index in [9.17, 15) is 48.3 Å². The van der Waals surface area contributed by atoms with Gasteiger partial charge in [0.05, 0.1) is 25.7 Å². The molecule has 0 radical (unpaired) electrons. The van der Waals surface area contributed by atoms with E-state index in [1.165, 1.54) is 22.6 Å². The maximum atomic E-state index is 14.0. The van der Waals surface area contributed by atoms with Crippen LogP contribution in [0.5, 0.6) is 5.75 Å². The van der Waals surface area contributed by atoms with E-state index in [4.69, 9.17) is 16.2 Å². The molecule has 0 unspecified atom stereocenters. The minimum absolute atomic E-state index is 0.0439. The number of nitrogens with zero attached hydrogens (tertiary/aromatic N) is 1. The zero-order valence-electron chi connectivity index (χ0n) is 34.2. The maximum Gasteiger partial charge on any atom is 0.246 e. The summed E-state index contributed by atoms with van der Waals surface area (Å²) in [5.74, 6) is -7.00. The van der Waals surface area contributed by atoms with E-state index in [-0.39, 0.29) is 37.3 Å². The second kappa shape index (κ2) is 24.2. The van der Waals surface area contributed by atoms with Gasteiger partial charge >= 0.3 is 0 Å². The first kappa shape index (κ1) is 49.3. The van der Waals surface area contributed by atoms with Crippen LogP contribution in [0.3, 0.4) is 0 Å². The van der Waals surface area contributed by atoms with Gasteiger partial charge in [0.25, 0.3) is 0 Å². The first-order valence-corrected chi connectivity index (χ1v) is 22.2. The third kappa shape index (κ3) is 15.2. The molecule has 60 heavy (non-hydrogen) atoms. The number of rotatable bonds is 13. The van der Waals surface area contributed by atoms with E-state index in [2.05, 4.69) is 31.9 Å². The molecular formula is C38H57N9O11S2. The topological polar surface area (TPSA) is 311 Å². The molecule has 1 aromatic carbocycles. The monoisotopic (exact) mass is 879 g/mol. The molecule has 22 heteroatoms. The lowest BCUT2D eigenvalue weighted by atomic mass is 9.96. The van der Waals surface area contributed by atoms with Crippen molar-refractivity contribution in [2.45, 2.75) is 109 Å². The molecule has 2 saturated heterocycles. The van der Waals surface area contributed by atoms with Crippen molar-refractivity contribution in [1.82, 2.24) is 36.8 Å². The lowest BCUT2D eigenvalue weighted by Gasteiger charge is -2.31. The number of aliphatic hydroxyl groups is 1. The molecule has 20 nitrogen and oxygen atoms in total. The average molecular weight is 880 g/mol. The summed E-state index contributed by atoms with van der Waals surface area (Å²) < 4.78 is 5.52. The van der Waals surface area contributed by atoms with Gasteiger partial charge in [-0.15, -0.1) is 0 Å². The smallest absolute Gasteiger partial charge is 0.246 e. The zero-order chi connectivity index (χ0) is 44.5. The Labute approximate surface area is 356 Å². The fourth-order valence-electron chi connectivity index (χ4n) is 6.43. The number of primary amides is 2.